The molecule has 1 fully saturated rings. The van der Waals surface area contributed by atoms with E-state index in [1.807, 2.05) is 24.3 Å². The number of ether oxygens (including phenoxy) is 1. The van der Waals surface area contributed by atoms with Gasteiger partial charge in [0.1, 0.15) is 11.3 Å². The van der Waals surface area contributed by atoms with Gasteiger partial charge in [-0.25, -0.2) is 4.79 Å². The Morgan fingerprint density at radius 3 is 2.63 bits per heavy atom. The molecule has 0 aliphatic carbocycles. The van der Waals surface area contributed by atoms with Gasteiger partial charge < -0.3 is 19.4 Å². The van der Waals surface area contributed by atoms with Gasteiger partial charge in [-0.15, -0.1) is 0 Å². The normalized spacial score (nSPS) is 15.0. The Bertz CT molecular complexity index is 962. The summed E-state index contributed by atoms with van der Waals surface area (Å²) in [6.45, 7) is 2.72. The number of hydrogen-bond donors (Lipinski definition) is 1. The zero-order valence-electron chi connectivity index (χ0n) is 15.5. The highest BCUT2D eigenvalue weighted by Gasteiger charge is 2.24. The minimum absolute atomic E-state index is 0.324. The van der Waals surface area contributed by atoms with E-state index in [1.165, 1.54) is 5.56 Å². The molecule has 1 saturated heterocycles. The van der Waals surface area contributed by atoms with E-state index < -0.39 is 0 Å². The van der Waals surface area contributed by atoms with E-state index in [4.69, 9.17) is 9.15 Å². The molecule has 0 spiro atoms. The van der Waals surface area contributed by atoms with Crippen molar-refractivity contribution in [3.05, 3.63) is 70.6 Å². The summed E-state index contributed by atoms with van der Waals surface area (Å²) < 4.78 is 10.8. The molecule has 1 aliphatic rings. The lowest BCUT2D eigenvalue weighted by Crippen LogP contribution is -2.43. The molecule has 2 heterocycles. The Kier molecular flexibility index (Phi) is 5.12. The molecule has 0 bridgehead atoms. The van der Waals surface area contributed by atoms with Gasteiger partial charge in [0.15, 0.2) is 0 Å². The fraction of sp³-hybridized carbons (Fsp3) is 0.318. The third-order valence-electron chi connectivity index (χ3n) is 5.18. The second kappa shape index (κ2) is 7.84. The summed E-state index contributed by atoms with van der Waals surface area (Å²) in [5.74, 6) is 0.752. The maximum atomic E-state index is 12.3. The van der Waals surface area contributed by atoms with Crippen molar-refractivity contribution >= 4 is 16.7 Å². The zero-order valence-corrected chi connectivity index (χ0v) is 15.5. The van der Waals surface area contributed by atoms with Crippen molar-refractivity contribution < 1.29 is 9.15 Å². The molecule has 5 heteroatoms. The first-order valence-corrected chi connectivity index (χ1v) is 9.38. The van der Waals surface area contributed by atoms with Crippen LogP contribution in [0.2, 0.25) is 0 Å². The fourth-order valence-electron chi connectivity index (χ4n) is 3.80. The first-order valence-electron chi connectivity index (χ1n) is 9.38. The Morgan fingerprint density at radius 1 is 1.11 bits per heavy atom. The third-order valence-corrected chi connectivity index (χ3v) is 5.18. The molecule has 2 aromatic carbocycles. The van der Waals surface area contributed by atoms with Crippen molar-refractivity contribution in [1.29, 1.82) is 0 Å². The first-order chi connectivity index (χ1) is 13.2. The van der Waals surface area contributed by atoms with E-state index in [-0.39, 0.29) is 5.63 Å². The molecule has 0 atom stereocenters. The minimum atomic E-state index is -0.324. The number of rotatable bonds is 5. The lowest BCUT2D eigenvalue weighted by atomic mass is 10.0. The molecular weight excluding hydrogens is 340 g/mol. The van der Waals surface area contributed by atoms with E-state index in [1.54, 1.807) is 13.2 Å². The molecular formula is C22H24N2O3. The van der Waals surface area contributed by atoms with Crippen LogP contribution < -0.4 is 20.6 Å². The minimum Gasteiger partial charge on any atom is -0.497 e. The Hall–Kier alpha value is -2.79. The van der Waals surface area contributed by atoms with Crippen molar-refractivity contribution in [2.75, 3.05) is 25.1 Å². The quantitative estimate of drug-likeness (QED) is 0.702. The Balaban J connectivity index is 1.84. The Labute approximate surface area is 158 Å². The second-order valence-corrected chi connectivity index (χ2v) is 6.91. The Morgan fingerprint density at radius 2 is 1.89 bits per heavy atom. The van der Waals surface area contributed by atoms with E-state index >= 15 is 0 Å². The molecule has 5 nitrogen and oxygen atoms in total. The van der Waals surface area contributed by atoms with Crippen LogP contribution in [0.25, 0.3) is 11.0 Å². The van der Waals surface area contributed by atoms with Crippen LogP contribution in [0, 0.1) is 0 Å². The number of nitrogens with one attached hydrogen (secondary N) is 1. The number of anilines is 1. The molecule has 27 heavy (non-hydrogen) atoms. The van der Waals surface area contributed by atoms with Crippen LogP contribution >= 0.6 is 0 Å². The smallest absolute Gasteiger partial charge is 0.338 e. The SMILES string of the molecule is COc1ccc2oc(=O)cc(N(Cc3ccccc3)C3CCNCC3)c2c1. The van der Waals surface area contributed by atoms with Crippen LogP contribution in [-0.2, 0) is 6.54 Å². The number of methoxy groups -OCH3 is 1. The highest BCUT2D eigenvalue weighted by Crippen LogP contribution is 2.32. The number of benzene rings is 2. The van der Waals surface area contributed by atoms with Gasteiger partial charge in [-0.2, -0.15) is 0 Å². The average Bonchev–Trinajstić information content (AvgIpc) is 2.72. The molecule has 0 amide bonds. The van der Waals surface area contributed by atoms with Crippen molar-refractivity contribution in [3.8, 4) is 5.75 Å². The highest BCUT2D eigenvalue weighted by atomic mass is 16.5. The lowest BCUT2D eigenvalue weighted by Gasteiger charge is -2.37. The molecule has 1 aliphatic heterocycles. The number of hydrogen-bond acceptors (Lipinski definition) is 5. The van der Waals surface area contributed by atoms with Gasteiger partial charge >= 0.3 is 5.63 Å². The average molecular weight is 364 g/mol. The van der Waals surface area contributed by atoms with E-state index in [9.17, 15) is 4.79 Å². The monoisotopic (exact) mass is 364 g/mol. The van der Waals surface area contributed by atoms with E-state index in [0.717, 1.165) is 49.3 Å². The van der Waals surface area contributed by atoms with Gasteiger partial charge in [0.05, 0.1) is 12.8 Å². The van der Waals surface area contributed by atoms with Gasteiger partial charge in [-0.1, -0.05) is 30.3 Å². The van der Waals surface area contributed by atoms with Crippen LogP contribution in [0.3, 0.4) is 0 Å². The van der Waals surface area contributed by atoms with Crippen molar-refractivity contribution in [2.24, 2.45) is 0 Å². The fourth-order valence-corrected chi connectivity index (χ4v) is 3.80. The van der Waals surface area contributed by atoms with Crippen LogP contribution in [0.15, 0.2) is 63.8 Å². The summed E-state index contributed by atoms with van der Waals surface area (Å²) in [7, 11) is 1.65. The predicted octanol–water partition coefficient (Wildman–Crippen LogP) is 3.56. The maximum Gasteiger partial charge on any atom is 0.338 e. The summed E-state index contributed by atoms with van der Waals surface area (Å²) in [5, 5.41) is 4.33. The molecule has 0 saturated carbocycles. The first kappa shape index (κ1) is 17.6. The molecule has 140 valence electrons. The summed E-state index contributed by atoms with van der Waals surface area (Å²) >= 11 is 0. The summed E-state index contributed by atoms with van der Waals surface area (Å²) in [6, 6.07) is 17.9. The van der Waals surface area contributed by atoms with Gasteiger partial charge in [-0.05, 0) is 49.7 Å². The number of fused-ring (bicyclic) bond motifs is 1. The van der Waals surface area contributed by atoms with Crippen molar-refractivity contribution in [3.63, 3.8) is 0 Å². The second-order valence-electron chi connectivity index (χ2n) is 6.91. The van der Waals surface area contributed by atoms with E-state index in [2.05, 4.69) is 34.5 Å². The van der Waals surface area contributed by atoms with Gasteiger partial charge in [0, 0.05) is 24.0 Å². The number of nitrogens with zero attached hydrogens (tertiary/aromatic N) is 1. The zero-order chi connectivity index (χ0) is 18.6. The predicted molar refractivity (Wildman–Crippen MR) is 108 cm³/mol. The molecule has 0 radical (unpaired) electrons. The van der Waals surface area contributed by atoms with Crippen LogP contribution in [-0.4, -0.2) is 26.2 Å². The number of piperidine rings is 1. The van der Waals surface area contributed by atoms with Crippen LogP contribution in [0.1, 0.15) is 18.4 Å². The van der Waals surface area contributed by atoms with E-state index in [0.29, 0.717) is 11.6 Å². The molecule has 3 aromatic rings. The topological polar surface area (TPSA) is 54.7 Å². The van der Waals surface area contributed by atoms with Gasteiger partial charge in [0.2, 0.25) is 0 Å². The third kappa shape index (κ3) is 3.83. The molecule has 0 unspecified atom stereocenters. The van der Waals surface area contributed by atoms with Gasteiger partial charge in [-0.3, -0.25) is 0 Å². The summed E-state index contributed by atoms with van der Waals surface area (Å²) in [4.78, 5) is 14.6. The molecule has 1 N–H and O–H groups in total. The standard InChI is InChI=1S/C22H24N2O3/c1-26-18-7-8-21-19(13-18)20(14-22(25)27-21)24(17-9-11-23-12-10-17)15-16-5-3-2-4-6-16/h2-8,13-14,17,23H,9-12,15H2,1H3. The summed E-state index contributed by atoms with van der Waals surface area (Å²) in [5.41, 5.74) is 2.40. The van der Waals surface area contributed by atoms with Crippen LogP contribution in [0.5, 0.6) is 5.75 Å². The van der Waals surface area contributed by atoms with Crippen LogP contribution in [0.4, 0.5) is 5.69 Å². The lowest BCUT2D eigenvalue weighted by molar-refractivity contribution is 0.414. The molecule has 1 aromatic heterocycles. The summed E-state index contributed by atoms with van der Waals surface area (Å²) in [6.07, 6.45) is 2.08. The largest absolute Gasteiger partial charge is 0.497 e. The highest BCUT2D eigenvalue weighted by molar-refractivity contribution is 5.91. The van der Waals surface area contributed by atoms with Crippen molar-refractivity contribution in [2.45, 2.75) is 25.4 Å². The van der Waals surface area contributed by atoms with Crippen molar-refractivity contribution in [1.82, 2.24) is 5.32 Å². The van der Waals surface area contributed by atoms with Gasteiger partial charge in [0.25, 0.3) is 0 Å². The molecule has 4 rings (SSSR count). The maximum absolute atomic E-state index is 12.3.